The molecule has 2 aliphatic rings. The Labute approximate surface area is 72.6 Å². The highest BCUT2D eigenvalue weighted by Gasteiger charge is 2.21. The summed E-state index contributed by atoms with van der Waals surface area (Å²) in [6.45, 7) is 7.60. The third-order valence-corrected chi connectivity index (χ3v) is 2.02. The van der Waals surface area contributed by atoms with Crippen LogP contribution in [0.3, 0.4) is 0 Å². The van der Waals surface area contributed by atoms with E-state index >= 15 is 0 Å². The second-order valence-corrected chi connectivity index (χ2v) is 2.88. The van der Waals surface area contributed by atoms with Crippen LogP contribution >= 0.6 is 0 Å². The molecule has 58 valence electrons. The van der Waals surface area contributed by atoms with E-state index in [4.69, 9.17) is 0 Å². The van der Waals surface area contributed by atoms with Gasteiger partial charge in [0.15, 0.2) is 0 Å². The summed E-state index contributed by atoms with van der Waals surface area (Å²) in [4.78, 5) is 0. The van der Waals surface area contributed by atoms with Crippen molar-refractivity contribution in [2.24, 2.45) is 0 Å². The van der Waals surface area contributed by atoms with Crippen LogP contribution < -0.4 is 0 Å². The maximum absolute atomic E-state index is 3.94. The monoisotopic (exact) mass is 154 g/mol. The van der Waals surface area contributed by atoms with Gasteiger partial charge in [-0.25, -0.2) is 0 Å². The molecule has 0 saturated carbocycles. The van der Waals surface area contributed by atoms with Crippen molar-refractivity contribution in [3.63, 3.8) is 0 Å². The van der Waals surface area contributed by atoms with E-state index in [2.05, 4.69) is 25.3 Å². The molecule has 2 aliphatic carbocycles. The standard InChI is InChI=1S/C12H10/c1-3-5-10-8-12(10)11-7-4-6-9(11)2/h3-8H,1-2H2/b10-5-. The molecule has 0 saturated heterocycles. The third kappa shape index (κ3) is 1.02. The summed E-state index contributed by atoms with van der Waals surface area (Å²) in [5.41, 5.74) is 4.95. The summed E-state index contributed by atoms with van der Waals surface area (Å²) < 4.78 is 0. The molecule has 0 radical (unpaired) electrons. The number of hydrogen-bond acceptors (Lipinski definition) is 0. The first-order valence-electron chi connectivity index (χ1n) is 3.96. The summed E-state index contributed by atoms with van der Waals surface area (Å²) >= 11 is 0. The van der Waals surface area contributed by atoms with Crippen molar-refractivity contribution in [1.29, 1.82) is 0 Å². The Morgan fingerprint density at radius 2 is 2.08 bits per heavy atom. The first-order valence-corrected chi connectivity index (χ1v) is 3.96. The Hall–Kier alpha value is -1.56. The largest absolute Gasteiger partial charge is 0.0990 e. The lowest BCUT2D eigenvalue weighted by atomic mass is 10.1. The molecular formula is C12H10. The third-order valence-electron chi connectivity index (χ3n) is 2.02. The average Bonchev–Trinajstić information content (AvgIpc) is 2.67. The van der Waals surface area contributed by atoms with Crippen LogP contribution in [0, 0.1) is 0 Å². The minimum Gasteiger partial charge on any atom is -0.0990 e. The fourth-order valence-corrected chi connectivity index (χ4v) is 1.34. The molecule has 12 heavy (non-hydrogen) atoms. The first-order chi connectivity index (χ1) is 5.83. The molecule has 0 unspecified atom stereocenters. The van der Waals surface area contributed by atoms with Crippen molar-refractivity contribution in [1.82, 2.24) is 0 Å². The Bertz CT molecular complexity index is 371. The average molecular weight is 154 g/mol. The maximum atomic E-state index is 3.94. The summed E-state index contributed by atoms with van der Waals surface area (Å²) in [7, 11) is 0. The molecule has 0 fully saturated rings. The Morgan fingerprint density at radius 3 is 2.67 bits per heavy atom. The Kier molecular flexibility index (Phi) is 1.47. The van der Waals surface area contributed by atoms with Gasteiger partial charge in [-0.3, -0.25) is 0 Å². The highest BCUT2D eigenvalue weighted by Crippen LogP contribution is 2.39. The lowest BCUT2D eigenvalue weighted by molar-refractivity contribution is 1.59. The van der Waals surface area contributed by atoms with Crippen molar-refractivity contribution in [3.05, 3.63) is 71.9 Å². The van der Waals surface area contributed by atoms with Crippen LogP contribution in [0.2, 0.25) is 0 Å². The minimum absolute atomic E-state index is 1.11. The van der Waals surface area contributed by atoms with Crippen LogP contribution in [0.1, 0.15) is 0 Å². The van der Waals surface area contributed by atoms with Gasteiger partial charge in [-0.05, 0) is 28.4 Å². The molecule has 0 aromatic rings. The zero-order valence-corrected chi connectivity index (χ0v) is 6.88. The van der Waals surface area contributed by atoms with Crippen LogP contribution in [0.5, 0.6) is 0 Å². The van der Waals surface area contributed by atoms with E-state index in [1.54, 1.807) is 0 Å². The van der Waals surface area contributed by atoms with Crippen molar-refractivity contribution in [3.8, 4) is 0 Å². The van der Waals surface area contributed by atoms with E-state index in [0.29, 0.717) is 0 Å². The molecule has 0 heterocycles. The second kappa shape index (κ2) is 2.49. The Morgan fingerprint density at radius 1 is 1.25 bits per heavy atom. The van der Waals surface area contributed by atoms with Gasteiger partial charge in [0.2, 0.25) is 0 Å². The topological polar surface area (TPSA) is 0 Å². The molecule has 0 nitrogen and oxygen atoms in total. The molecular weight excluding hydrogens is 144 g/mol. The summed E-state index contributed by atoms with van der Waals surface area (Å²) in [6, 6.07) is 0. The van der Waals surface area contributed by atoms with E-state index in [1.165, 1.54) is 16.7 Å². The van der Waals surface area contributed by atoms with Gasteiger partial charge in [0.25, 0.3) is 0 Å². The van der Waals surface area contributed by atoms with Crippen molar-refractivity contribution < 1.29 is 0 Å². The smallest absolute Gasteiger partial charge is 0.00992 e. The van der Waals surface area contributed by atoms with E-state index < -0.39 is 0 Å². The second-order valence-electron chi connectivity index (χ2n) is 2.88. The fraction of sp³-hybridized carbons (Fsp3) is 0. The van der Waals surface area contributed by atoms with Gasteiger partial charge in [0.1, 0.15) is 0 Å². The molecule has 0 spiro atoms. The van der Waals surface area contributed by atoms with Crippen LogP contribution in [-0.2, 0) is 0 Å². The number of rotatable bonds is 2. The number of allylic oxidation sites excluding steroid dienone is 10. The van der Waals surface area contributed by atoms with Gasteiger partial charge >= 0.3 is 0 Å². The molecule has 0 bridgehead atoms. The molecule has 0 N–H and O–H groups in total. The molecule has 0 atom stereocenters. The van der Waals surface area contributed by atoms with Crippen molar-refractivity contribution in [2.75, 3.05) is 0 Å². The van der Waals surface area contributed by atoms with Gasteiger partial charge in [-0.1, -0.05) is 43.5 Å². The van der Waals surface area contributed by atoms with Gasteiger partial charge < -0.3 is 0 Å². The summed E-state index contributed by atoms with van der Waals surface area (Å²) in [6.07, 6.45) is 12.1. The first kappa shape index (κ1) is 7.11. The minimum atomic E-state index is 1.11. The summed E-state index contributed by atoms with van der Waals surface area (Å²) in [5.74, 6) is 0. The molecule has 0 aliphatic heterocycles. The van der Waals surface area contributed by atoms with E-state index in [-0.39, 0.29) is 0 Å². The van der Waals surface area contributed by atoms with Crippen LogP contribution in [0.25, 0.3) is 0 Å². The SMILES string of the molecule is C=C/C=C1C=C/1C1=CC=CC1=C. The van der Waals surface area contributed by atoms with Gasteiger partial charge in [-0.15, -0.1) is 0 Å². The number of hydrogen-bond donors (Lipinski definition) is 0. The van der Waals surface area contributed by atoms with E-state index in [9.17, 15) is 0 Å². The summed E-state index contributed by atoms with van der Waals surface area (Å²) in [5, 5.41) is 0. The Balaban J connectivity index is 2.17. The highest BCUT2D eigenvalue weighted by atomic mass is 14.2. The lowest BCUT2D eigenvalue weighted by Gasteiger charge is -1.95. The van der Waals surface area contributed by atoms with Gasteiger partial charge in [0.05, 0.1) is 0 Å². The van der Waals surface area contributed by atoms with Crippen molar-refractivity contribution >= 4 is 0 Å². The molecule has 0 heteroatoms. The zero-order chi connectivity index (χ0) is 8.55. The highest BCUT2D eigenvalue weighted by molar-refractivity contribution is 5.75. The predicted molar refractivity (Wildman–Crippen MR) is 52.7 cm³/mol. The zero-order valence-electron chi connectivity index (χ0n) is 6.88. The quantitative estimate of drug-likeness (QED) is 0.573. The fourth-order valence-electron chi connectivity index (χ4n) is 1.34. The molecule has 2 rings (SSSR count). The normalized spacial score (nSPS) is 22.7. The van der Waals surface area contributed by atoms with Crippen LogP contribution in [-0.4, -0.2) is 0 Å². The molecule has 0 aromatic heterocycles. The van der Waals surface area contributed by atoms with E-state index in [0.717, 1.165) is 5.57 Å². The molecule has 0 amide bonds. The van der Waals surface area contributed by atoms with Gasteiger partial charge in [-0.2, -0.15) is 0 Å². The predicted octanol–water partition coefficient (Wildman–Crippen LogP) is 3.09. The molecule has 0 aromatic carbocycles. The van der Waals surface area contributed by atoms with E-state index in [1.807, 2.05) is 24.3 Å². The lowest BCUT2D eigenvalue weighted by Crippen LogP contribution is -1.77. The van der Waals surface area contributed by atoms with Gasteiger partial charge in [0, 0.05) is 0 Å². The van der Waals surface area contributed by atoms with Crippen molar-refractivity contribution in [2.45, 2.75) is 0 Å². The van der Waals surface area contributed by atoms with Crippen LogP contribution in [0.15, 0.2) is 71.9 Å². The maximum Gasteiger partial charge on any atom is -0.00992 e. The van der Waals surface area contributed by atoms with Crippen LogP contribution in [0.4, 0.5) is 0 Å².